The fraction of sp³-hybridized carbons (Fsp3) is 0.250. The number of hydrazone groups is 1. The molecule has 5 N–H and O–H groups in total. The van der Waals surface area contributed by atoms with Gasteiger partial charge in [-0.3, -0.25) is 14.5 Å². The Balaban J connectivity index is 1.24. The molecule has 0 spiro atoms. The molecule has 0 aliphatic carbocycles. The SMILES string of the molecule is COc1cc(OCC(=O)N[C@H]2CCN(Cc3ccccc3)C2)ccc1/C=N/NC(=O)c1ccc(O)c(N)c1. The van der Waals surface area contributed by atoms with E-state index >= 15 is 0 Å². The van der Waals surface area contributed by atoms with Crippen LogP contribution in [0.5, 0.6) is 17.2 Å². The standard InChI is InChI=1S/C28H31N5O5/c1-37-26-14-23(9-7-21(26)15-30-32-28(36)20-8-10-25(34)24(29)13-20)38-18-27(35)31-22-11-12-33(17-22)16-19-5-3-2-4-6-19/h2-10,13-15,22,34H,11-12,16-18,29H2,1H3,(H,31,35)(H,32,36)/b30-15+/t22-/m0/s1. The Morgan fingerprint density at radius 1 is 1.16 bits per heavy atom. The van der Waals surface area contributed by atoms with Crippen LogP contribution in [0.3, 0.4) is 0 Å². The van der Waals surface area contributed by atoms with Crippen molar-refractivity contribution in [1.29, 1.82) is 0 Å². The molecule has 38 heavy (non-hydrogen) atoms. The molecule has 0 radical (unpaired) electrons. The van der Waals surface area contributed by atoms with Crippen LogP contribution < -0.4 is 25.9 Å². The normalized spacial score (nSPS) is 15.3. The third-order valence-electron chi connectivity index (χ3n) is 6.12. The summed E-state index contributed by atoms with van der Waals surface area (Å²) in [6.07, 6.45) is 2.33. The van der Waals surface area contributed by atoms with Gasteiger partial charge < -0.3 is 25.6 Å². The fourth-order valence-corrected chi connectivity index (χ4v) is 4.16. The van der Waals surface area contributed by atoms with Gasteiger partial charge in [-0.15, -0.1) is 0 Å². The summed E-state index contributed by atoms with van der Waals surface area (Å²) in [5.74, 6) is 0.165. The average molecular weight is 518 g/mol. The lowest BCUT2D eigenvalue weighted by Crippen LogP contribution is -2.39. The van der Waals surface area contributed by atoms with Crippen LogP contribution in [0.15, 0.2) is 71.8 Å². The number of carbonyl (C=O) groups excluding carboxylic acids is 2. The number of aromatic hydroxyl groups is 1. The summed E-state index contributed by atoms with van der Waals surface area (Å²) >= 11 is 0. The van der Waals surface area contributed by atoms with E-state index in [0.29, 0.717) is 17.1 Å². The Kier molecular flexibility index (Phi) is 8.78. The van der Waals surface area contributed by atoms with Gasteiger partial charge in [0.1, 0.15) is 17.2 Å². The Hall–Kier alpha value is -4.57. The molecule has 2 amide bonds. The monoisotopic (exact) mass is 517 g/mol. The zero-order valence-electron chi connectivity index (χ0n) is 21.1. The number of phenols is 1. The maximum absolute atomic E-state index is 12.5. The van der Waals surface area contributed by atoms with E-state index < -0.39 is 5.91 Å². The van der Waals surface area contributed by atoms with Gasteiger partial charge in [0.05, 0.1) is 19.0 Å². The first-order valence-corrected chi connectivity index (χ1v) is 12.2. The number of amides is 2. The average Bonchev–Trinajstić information content (AvgIpc) is 3.36. The van der Waals surface area contributed by atoms with Crippen molar-refractivity contribution >= 4 is 23.7 Å². The molecule has 3 aromatic rings. The van der Waals surface area contributed by atoms with Crippen LogP contribution in [-0.4, -0.2) is 60.9 Å². The predicted octanol–water partition coefficient (Wildman–Crippen LogP) is 2.52. The van der Waals surface area contributed by atoms with E-state index in [0.717, 1.165) is 26.1 Å². The summed E-state index contributed by atoms with van der Waals surface area (Å²) in [5.41, 5.74) is 10.2. The predicted molar refractivity (Wildman–Crippen MR) is 144 cm³/mol. The first kappa shape index (κ1) is 26.5. The summed E-state index contributed by atoms with van der Waals surface area (Å²) in [6.45, 7) is 2.50. The molecule has 0 unspecified atom stereocenters. The van der Waals surface area contributed by atoms with Crippen molar-refractivity contribution in [2.45, 2.75) is 19.0 Å². The van der Waals surface area contributed by atoms with Gasteiger partial charge in [-0.25, -0.2) is 5.43 Å². The molecule has 0 bridgehead atoms. The van der Waals surface area contributed by atoms with Crippen molar-refractivity contribution in [3.63, 3.8) is 0 Å². The molecular weight excluding hydrogens is 486 g/mol. The second-order valence-electron chi connectivity index (χ2n) is 8.94. The maximum atomic E-state index is 12.5. The molecule has 10 heteroatoms. The van der Waals surface area contributed by atoms with Gasteiger partial charge in [0.2, 0.25) is 0 Å². The highest BCUT2D eigenvalue weighted by atomic mass is 16.5. The van der Waals surface area contributed by atoms with Crippen molar-refractivity contribution in [3.8, 4) is 17.2 Å². The molecule has 1 atom stereocenters. The number of phenolic OH excluding ortho intramolecular Hbond substituents is 1. The number of methoxy groups -OCH3 is 1. The van der Waals surface area contributed by atoms with Crippen molar-refractivity contribution < 1.29 is 24.2 Å². The quantitative estimate of drug-likeness (QED) is 0.140. The number of carbonyl (C=O) groups is 2. The molecule has 0 aromatic heterocycles. The van der Waals surface area contributed by atoms with Gasteiger partial charge in [0, 0.05) is 42.9 Å². The van der Waals surface area contributed by atoms with Gasteiger partial charge in [0.15, 0.2) is 6.61 Å². The van der Waals surface area contributed by atoms with Crippen molar-refractivity contribution in [1.82, 2.24) is 15.6 Å². The third kappa shape index (κ3) is 7.23. The van der Waals surface area contributed by atoms with E-state index in [9.17, 15) is 14.7 Å². The topological polar surface area (TPSA) is 139 Å². The minimum atomic E-state index is -0.483. The Morgan fingerprint density at radius 3 is 2.74 bits per heavy atom. The number of nitrogens with one attached hydrogen (secondary N) is 2. The summed E-state index contributed by atoms with van der Waals surface area (Å²) in [4.78, 5) is 27.0. The highest BCUT2D eigenvalue weighted by Crippen LogP contribution is 2.24. The number of benzene rings is 3. The van der Waals surface area contributed by atoms with E-state index in [1.54, 1.807) is 18.2 Å². The number of nitrogens with zero attached hydrogens (tertiary/aromatic N) is 2. The van der Waals surface area contributed by atoms with E-state index in [-0.39, 0.29) is 35.6 Å². The second kappa shape index (κ2) is 12.6. The number of nitrogens with two attached hydrogens (primary N) is 1. The number of rotatable bonds is 10. The molecule has 1 saturated heterocycles. The van der Waals surface area contributed by atoms with Gasteiger partial charge in [-0.2, -0.15) is 5.10 Å². The van der Waals surface area contributed by atoms with Crippen LogP contribution in [0.25, 0.3) is 0 Å². The molecule has 4 rings (SSSR count). The van der Waals surface area contributed by atoms with E-state index in [4.69, 9.17) is 15.2 Å². The highest BCUT2D eigenvalue weighted by Gasteiger charge is 2.24. The van der Waals surface area contributed by atoms with E-state index in [1.165, 1.54) is 37.1 Å². The van der Waals surface area contributed by atoms with Crippen LogP contribution in [0.2, 0.25) is 0 Å². The summed E-state index contributed by atoms with van der Waals surface area (Å²) in [5, 5.41) is 16.5. The summed E-state index contributed by atoms with van der Waals surface area (Å²) < 4.78 is 11.1. The molecule has 1 fully saturated rings. The molecular formula is C28H31N5O5. The molecule has 1 heterocycles. The van der Waals surface area contributed by atoms with Crippen molar-refractivity contribution in [2.24, 2.45) is 5.10 Å². The first-order chi connectivity index (χ1) is 18.4. The maximum Gasteiger partial charge on any atom is 0.271 e. The number of hydrogen-bond acceptors (Lipinski definition) is 8. The number of anilines is 1. The number of likely N-dealkylation sites (tertiary alicyclic amines) is 1. The Morgan fingerprint density at radius 2 is 1.97 bits per heavy atom. The highest BCUT2D eigenvalue weighted by molar-refractivity contribution is 5.96. The number of nitrogen functional groups attached to an aromatic ring is 1. The molecule has 3 aromatic carbocycles. The van der Waals surface area contributed by atoms with Crippen LogP contribution in [0.4, 0.5) is 5.69 Å². The molecule has 10 nitrogen and oxygen atoms in total. The second-order valence-corrected chi connectivity index (χ2v) is 8.94. The minimum absolute atomic E-state index is 0.0937. The molecule has 198 valence electrons. The zero-order chi connectivity index (χ0) is 26.9. The molecule has 1 aliphatic heterocycles. The van der Waals surface area contributed by atoms with E-state index in [1.807, 2.05) is 18.2 Å². The van der Waals surface area contributed by atoms with Gasteiger partial charge in [0.25, 0.3) is 11.8 Å². The van der Waals surface area contributed by atoms with Gasteiger partial charge >= 0.3 is 0 Å². The number of ether oxygens (including phenoxy) is 2. The van der Waals surface area contributed by atoms with Crippen molar-refractivity contribution in [3.05, 3.63) is 83.4 Å². The number of hydrogen-bond donors (Lipinski definition) is 4. The van der Waals surface area contributed by atoms with Crippen molar-refractivity contribution in [2.75, 3.05) is 32.5 Å². The minimum Gasteiger partial charge on any atom is -0.506 e. The molecule has 0 saturated carbocycles. The van der Waals surface area contributed by atoms with Crippen LogP contribution >= 0.6 is 0 Å². The largest absolute Gasteiger partial charge is 0.506 e. The molecule has 1 aliphatic rings. The van der Waals surface area contributed by atoms with Crippen LogP contribution in [-0.2, 0) is 11.3 Å². The Bertz CT molecular complexity index is 1300. The van der Waals surface area contributed by atoms with Gasteiger partial charge in [-0.1, -0.05) is 30.3 Å². The zero-order valence-corrected chi connectivity index (χ0v) is 21.1. The van der Waals surface area contributed by atoms with Crippen LogP contribution in [0, 0.1) is 0 Å². The fourth-order valence-electron chi connectivity index (χ4n) is 4.16. The smallest absolute Gasteiger partial charge is 0.271 e. The van der Waals surface area contributed by atoms with Gasteiger partial charge in [-0.05, 0) is 42.3 Å². The lowest BCUT2D eigenvalue weighted by atomic mass is 10.2. The van der Waals surface area contributed by atoms with E-state index in [2.05, 4.69) is 32.9 Å². The summed E-state index contributed by atoms with van der Waals surface area (Å²) in [7, 11) is 1.50. The first-order valence-electron chi connectivity index (χ1n) is 12.2. The lowest BCUT2D eigenvalue weighted by molar-refractivity contribution is -0.123. The Labute approximate surface area is 221 Å². The van der Waals surface area contributed by atoms with Crippen LogP contribution in [0.1, 0.15) is 27.9 Å². The summed E-state index contributed by atoms with van der Waals surface area (Å²) in [6, 6.07) is 19.6. The lowest BCUT2D eigenvalue weighted by Gasteiger charge is -2.17. The third-order valence-corrected chi connectivity index (χ3v) is 6.12.